The Labute approximate surface area is 124 Å². The number of methoxy groups -OCH3 is 1. The summed E-state index contributed by atoms with van der Waals surface area (Å²) < 4.78 is 18.0. The van der Waals surface area contributed by atoms with Gasteiger partial charge in [0.2, 0.25) is 0 Å². The lowest BCUT2D eigenvalue weighted by Gasteiger charge is -2.24. The highest BCUT2D eigenvalue weighted by Crippen LogP contribution is 2.20. The lowest BCUT2D eigenvalue weighted by atomic mass is 9.96. The van der Waals surface area contributed by atoms with Gasteiger partial charge in [-0.25, -0.2) is 4.39 Å². The fraction of sp³-hybridized carbons (Fsp3) is 0.294. The van der Waals surface area contributed by atoms with Gasteiger partial charge in [-0.05, 0) is 42.3 Å². The van der Waals surface area contributed by atoms with Crippen molar-refractivity contribution in [3.63, 3.8) is 0 Å². The van der Waals surface area contributed by atoms with E-state index in [9.17, 15) is 9.50 Å². The van der Waals surface area contributed by atoms with Crippen molar-refractivity contribution in [1.29, 1.82) is 0 Å². The fourth-order valence-corrected chi connectivity index (χ4v) is 2.10. The van der Waals surface area contributed by atoms with Crippen LogP contribution < -0.4 is 10.1 Å². The van der Waals surface area contributed by atoms with E-state index in [1.54, 1.807) is 26.2 Å². The van der Waals surface area contributed by atoms with E-state index in [1.807, 2.05) is 24.3 Å². The molecule has 2 rings (SSSR count). The number of rotatable bonds is 6. The molecule has 3 nitrogen and oxygen atoms in total. The molecule has 4 heteroatoms. The van der Waals surface area contributed by atoms with Crippen LogP contribution in [-0.2, 0) is 12.1 Å². The molecule has 0 aromatic heterocycles. The summed E-state index contributed by atoms with van der Waals surface area (Å²) in [4.78, 5) is 0. The van der Waals surface area contributed by atoms with Crippen LogP contribution in [0.25, 0.3) is 0 Å². The van der Waals surface area contributed by atoms with Crippen molar-refractivity contribution in [2.75, 3.05) is 13.7 Å². The monoisotopic (exact) mass is 289 g/mol. The van der Waals surface area contributed by atoms with Crippen LogP contribution in [0.1, 0.15) is 18.1 Å². The number of ether oxygens (including phenoxy) is 1. The second kappa shape index (κ2) is 6.70. The van der Waals surface area contributed by atoms with Gasteiger partial charge >= 0.3 is 0 Å². The first-order valence-electron chi connectivity index (χ1n) is 6.83. The zero-order valence-electron chi connectivity index (χ0n) is 12.3. The first-order chi connectivity index (χ1) is 10.0. The van der Waals surface area contributed by atoms with Gasteiger partial charge in [0, 0.05) is 13.1 Å². The van der Waals surface area contributed by atoms with Crippen LogP contribution in [0.4, 0.5) is 4.39 Å². The minimum Gasteiger partial charge on any atom is -0.497 e. The molecular weight excluding hydrogens is 269 g/mol. The average molecular weight is 289 g/mol. The summed E-state index contributed by atoms with van der Waals surface area (Å²) in [6.45, 7) is 2.73. The third-order valence-corrected chi connectivity index (χ3v) is 3.42. The Balaban J connectivity index is 1.90. The minimum absolute atomic E-state index is 0.305. The van der Waals surface area contributed by atoms with Crippen molar-refractivity contribution >= 4 is 0 Å². The lowest BCUT2D eigenvalue weighted by Crippen LogP contribution is -2.35. The maximum absolute atomic E-state index is 12.9. The van der Waals surface area contributed by atoms with Crippen molar-refractivity contribution in [1.82, 2.24) is 5.32 Å². The molecule has 1 atom stereocenters. The molecule has 1 unspecified atom stereocenters. The van der Waals surface area contributed by atoms with Crippen molar-refractivity contribution in [3.05, 3.63) is 65.5 Å². The minimum atomic E-state index is -1.04. The van der Waals surface area contributed by atoms with Crippen molar-refractivity contribution < 1.29 is 14.2 Å². The largest absolute Gasteiger partial charge is 0.497 e. The van der Waals surface area contributed by atoms with E-state index in [1.165, 1.54) is 12.1 Å². The van der Waals surface area contributed by atoms with Crippen LogP contribution >= 0.6 is 0 Å². The maximum atomic E-state index is 12.9. The van der Waals surface area contributed by atoms with E-state index >= 15 is 0 Å². The van der Waals surface area contributed by atoms with Crippen molar-refractivity contribution in [2.45, 2.75) is 19.1 Å². The van der Waals surface area contributed by atoms with Gasteiger partial charge < -0.3 is 15.2 Å². The van der Waals surface area contributed by atoms with Gasteiger partial charge in [0.15, 0.2) is 0 Å². The molecule has 112 valence electrons. The number of halogens is 1. The first kappa shape index (κ1) is 15.5. The second-order valence-corrected chi connectivity index (χ2v) is 5.23. The zero-order valence-corrected chi connectivity index (χ0v) is 12.3. The molecule has 0 aliphatic heterocycles. The zero-order chi connectivity index (χ0) is 15.3. The smallest absolute Gasteiger partial charge is 0.123 e. The summed E-state index contributed by atoms with van der Waals surface area (Å²) in [5.74, 6) is 0.512. The third-order valence-electron chi connectivity index (χ3n) is 3.42. The van der Waals surface area contributed by atoms with E-state index in [0.717, 1.165) is 11.3 Å². The van der Waals surface area contributed by atoms with Gasteiger partial charge in [0.1, 0.15) is 11.6 Å². The molecule has 2 aromatic carbocycles. The molecule has 0 saturated carbocycles. The molecule has 0 aliphatic carbocycles. The van der Waals surface area contributed by atoms with Gasteiger partial charge in [-0.2, -0.15) is 0 Å². The Bertz CT molecular complexity index is 564. The number of hydrogen-bond donors (Lipinski definition) is 2. The molecule has 0 bridgehead atoms. The highest BCUT2D eigenvalue weighted by molar-refractivity contribution is 5.27. The molecule has 2 N–H and O–H groups in total. The number of aliphatic hydroxyl groups is 1. The van der Waals surface area contributed by atoms with E-state index in [-0.39, 0.29) is 5.82 Å². The topological polar surface area (TPSA) is 41.5 Å². The SMILES string of the molecule is COc1ccc(CNCC(C)(O)c2ccc(F)cc2)cc1. The van der Waals surface area contributed by atoms with E-state index in [4.69, 9.17) is 4.74 Å². The van der Waals surface area contributed by atoms with Gasteiger partial charge in [0.05, 0.1) is 12.7 Å². The van der Waals surface area contributed by atoms with E-state index in [2.05, 4.69) is 5.32 Å². The van der Waals surface area contributed by atoms with Crippen LogP contribution in [-0.4, -0.2) is 18.8 Å². The molecule has 0 fully saturated rings. The first-order valence-corrected chi connectivity index (χ1v) is 6.83. The van der Waals surface area contributed by atoms with Gasteiger partial charge in [-0.15, -0.1) is 0 Å². The highest BCUT2D eigenvalue weighted by atomic mass is 19.1. The maximum Gasteiger partial charge on any atom is 0.123 e. The summed E-state index contributed by atoms with van der Waals surface area (Å²) in [6.07, 6.45) is 0. The standard InChI is InChI=1S/C17H20FNO2/c1-17(20,14-5-7-15(18)8-6-14)12-19-11-13-3-9-16(21-2)10-4-13/h3-10,19-20H,11-12H2,1-2H3. The van der Waals surface area contributed by atoms with E-state index < -0.39 is 5.60 Å². The van der Waals surface area contributed by atoms with Crippen molar-refractivity contribution in [3.8, 4) is 5.75 Å². The fourth-order valence-electron chi connectivity index (χ4n) is 2.10. The molecule has 0 spiro atoms. The van der Waals surface area contributed by atoms with Crippen LogP contribution in [0.15, 0.2) is 48.5 Å². The summed E-state index contributed by atoms with van der Waals surface area (Å²) >= 11 is 0. The summed E-state index contributed by atoms with van der Waals surface area (Å²) in [5, 5.41) is 13.6. The Morgan fingerprint density at radius 2 is 1.71 bits per heavy atom. The van der Waals surface area contributed by atoms with E-state index in [0.29, 0.717) is 18.7 Å². The number of nitrogens with one attached hydrogen (secondary N) is 1. The summed E-state index contributed by atoms with van der Waals surface area (Å²) in [6, 6.07) is 13.6. The number of benzene rings is 2. The van der Waals surface area contributed by atoms with Crippen molar-refractivity contribution in [2.24, 2.45) is 0 Å². The summed E-state index contributed by atoms with van der Waals surface area (Å²) in [7, 11) is 1.63. The molecular formula is C17H20FNO2. The van der Waals surface area contributed by atoms with Crippen LogP contribution in [0, 0.1) is 5.82 Å². The van der Waals surface area contributed by atoms with Gasteiger partial charge in [0.25, 0.3) is 0 Å². The summed E-state index contributed by atoms with van der Waals surface area (Å²) in [5.41, 5.74) is 0.747. The molecule has 0 radical (unpaired) electrons. The highest BCUT2D eigenvalue weighted by Gasteiger charge is 2.22. The Morgan fingerprint density at radius 3 is 2.29 bits per heavy atom. The average Bonchev–Trinajstić information content (AvgIpc) is 2.48. The predicted octanol–water partition coefficient (Wildman–Crippen LogP) is 2.83. The number of hydrogen-bond acceptors (Lipinski definition) is 3. The van der Waals surface area contributed by atoms with Gasteiger partial charge in [-0.1, -0.05) is 24.3 Å². The predicted molar refractivity (Wildman–Crippen MR) is 80.7 cm³/mol. The van der Waals surface area contributed by atoms with Gasteiger partial charge in [-0.3, -0.25) is 0 Å². The Hall–Kier alpha value is -1.91. The Kier molecular flexibility index (Phi) is 4.94. The molecule has 0 aliphatic rings. The van der Waals surface area contributed by atoms with Crippen LogP contribution in [0.3, 0.4) is 0 Å². The molecule has 2 aromatic rings. The molecule has 21 heavy (non-hydrogen) atoms. The molecule has 0 heterocycles. The second-order valence-electron chi connectivity index (χ2n) is 5.23. The van der Waals surface area contributed by atoms with Crippen LogP contribution in [0.5, 0.6) is 5.75 Å². The lowest BCUT2D eigenvalue weighted by molar-refractivity contribution is 0.0566. The quantitative estimate of drug-likeness (QED) is 0.859. The Morgan fingerprint density at radius 1 is 1.10 bits per heavy atom. The third kappa shape index (κ3) is 4.28. The normalized spacial score (nSPS) is 13.7. The van der Waals surface area contributed by atoms with Crippen LogP contribution in [0.2, 0.25) is 0 Å². The molecule has 0 amide bonds. The molecule has 0 saturated heterocycles.